The zero-order valence-corrected chi connectivity index (χ0v) is 14.4. The normalized spacial score (nSPS) is 21.0. The maximum atomic E-state index is 9.51. The van der Waals surface area contributed by atoms with Crippen molar-refractivity contribution in [2.24, 2.45) is 0 Å². The molecular formula is C18H21N7O. The molecule has 4 aromatic rings. The lowest BCUT2D eigenvalue weighted by Gasteiger charge is -2.30. The molecule has 0 spiro atoms. The summed E-state index contributed by atoms with van der Waals surface area (Å²) in [6, 6.07) is 2.85. The summed E-state index contributed by atoms with van der Waals surface area (Å²) in [5.41, 5.74) is 2.91. The Morgan fingerprint density at radius 1 is 1.19 bits per heavy atom. The number of aromatic amines is 1. The van der Waals surface area contributed by atoms with Crippen LogP contribution in [0.5, 0.6) is 0 Å². The molecule has 1 saturated carbocycles. The fourth-order valence-corrected chi connectivity index (χ4v) is 4.30. The third-order valence-corrected chi connectivity index (χ3v) is 5.48. The lowest BCUT2D eigenvalue weighted by atomic mass is 9.90. The van der Waals surface area contributed by atoms with Gasteiger partial charge in [-0.25, -0.2) is 19.6 Å². The number of aliphatic hydroxyl groups is 1. The first-order valence-electron chi connectivity index (χ1n) is 9.13. The lowest BCUT2D eigenvalue weighted by molar-refractivity contribution is 0.254. The van der Waals surface area contributed by atoms with Crippen molar-refractivity contribution in [3.8, 4) is 0 Å². The molecule has 0 amide bonds. The number of fused-ring (bicyclic) bond motifs is 3. The monoisotopic (exact) mass is 351 g/mol. The minimum Gasteiger partial charge on any atom is -0.396 e. The van der Waals surface area contributed by atoms with Gasteiger partial charge in [0.15, 0.2) is 0 Å². The first-order valence-corrected chi connectivity index (χ1v) is 9.13. The fraction of sp³-hybridized carbons (Fsp3) is 0.444. The van der Waals surface area contributed by atoms with Gasteiger partial charge < -0.3 is 14.7 Å². The summed E-state index contributed by atoms with van der Waals surface area (Å²) in [6.45, 7) is 0.0985. The molecule has 0 unspecified atom stereocenters. The van der Waals surface area contributed by atoms with E-state index in [4.69, 9.17) is 4.98 Å². The maximum Gasteiger partial charge on any atom is 0.139 e. The van der Waals surface area contributed by atoms with Gasteiger partial charge in [0.25, 0.3) is 0 Å². The van der Waals surface area contributed by atoms with E-state index in [0.29, 0.717) is 18.5 Å². The highest BCUT2D eigenvalue weighted by molar-refractivity contribution is 6.01. The molecule has 26 heavy (non-hydrogen) atoms. The van der Waals surface area contributed by atoms with Gasteiger partial charge in [-0.1, -0.05) is 0 Å². The van der Waals surface area contributed by atoms with Gasteiger partial charge in [0, 0.05) is 24.0 Å². The molecule has 2 N–H and O–H groups in total. The van der Waals surface area contributed by atoms with Gasteiger partial charge in [-0.05, 0) is 31.7 Å². The SMILES string of the molecule is OCCc1nc2cnc3[nH]ccc3c2n1C1CCC(n2cncn2)CC1. The van der Waals surface area contributed by atoms with Crippen LogP contribution in [0.4, 0.5) is 0 Å². The molecule has 0 atom stereocenters. The van der Waals surface area contributed by atoms with Gasteiger partial charge in [0.2, 0.25) is 0 Å². The Labute approximate surface area is 149 Å². The van der Waals surface area contributed by atoms with Gasteiger partial charge in [-0.15, -0.1) is 0 Å². The number of pyridine rings is 1. The summed E-state index contributed by atoms with van der Waals surface area (Å²) in [6.07, 6.45) is 12.0. The Hall–Kier alpha value is -2.74. The number of H-pyrrole nitrogens is 1. The van der Waals surface area contributed by atoms with E-state index in [0.717, 1.165) is 53.6 Å². The van der Waals surface area contributed by atoms with Crippen molar-refractivity contribution < 1.29 is 5.11 Å². The minimum absolute atomic E-state index is 0.0985. The molecule has 0 aromatic carbocycles. The number of imidazole rings is 1. The van der Waals surface area contributed by atoms with E-state index < -0.39 is 0 Å². The number of hydrogen-bond donors (Lipinski definition) is 2. The van der Waals surface area contributed by atoms with Crippen LogP contribution in [-0.4, -0.2) is 46.0 Å². The van der Waals surface area contributed by atoms with Gasteiger partial charge >= 0.3 is 0 Å². The highest BCUT2D eigenvalue weighted by Gasteiger charge is 2.27. The van der Waals surface area contributed by atoms with Crippen LogP contribution in [0.1, 0.15) is 43.6 Å². The predicted molar refractivity (Wildman–Crippen MR) is 96.7 cm³/mol. The maximum absolute atomic E-state index is 9.51. The molecule has 8 nitrogen and oxygen atoms in total. The van der Waals surface area contributed by atoms with E-state index in [1.807, 2.05) is 23.4 Å². The van der Waals surface area contributed by atoms with Crippen LogP contribution < -0.4 is 0 Å². The Bertz CT molecular complexity index is 1020. The topological polar surface area (TPSA) is 97.4 Å². The van der Waals surface area contributed by atoms with Crippen molar-refractivity contribution >= 4 is 22.1 Å². The number of aromatic nitrogens is 7. The summed E-state index contributed by atoms with van der Waals surface area (Å²) >= 11 is 0. The number of nitrogens with zero attached hydrogens (tertiary/aromatic N) is 6. The third kappa shape index (κ3) is 2.40. The molecule has 1 aliphatic carbocycles. The molecule has 1 fully saturated rings. The molecule has 4 heterocycles. The summed E-state index contributed by atoms with van der Waals surface area (Å²) in [7, 11) is 0. The van der Waals surface area contributed by atoms with Gasteiger partial charge in [0.05, 0.1) is 24.4 Å². The lowest BCUT2D eigenvalue weighted by Crippen LogP contribution is -2.22. The second kappa shape index (κ2) is 6.21. The van der Waals surface area contributed by atoms with Crippen LogP contribution in [0.15, 0.2) is 31.1 Å². The van der Waals surface area contributed by atoms with E-state index in [9.17, 15) is 5.11 Å². The van der Waals surface area contributed by atoms with Gasteiger partial charge in [0.1, 0.15) is 29.6 Å². The minimum atomic E-state index is 0.0985. The third-order valence-electron chi connectivity index (χ3n) is 5.48. The van der Waals surface area contributed by atoms with Gasteiger partial charge in [-0.2, -0.15) is 5.10 Å². The molecule has 4 aromatic heterocycles. The molecule has 0 bridgehead atoms. The van der Waals surface area contributed by atoms with E-state index in [2.05, 4.69) is 30.7 Å². The molecule has 134 valence electrons. The van der Waals surface area contributed by atoms with Gasteiger partial charge in [-0.3, -0.25) is 0 Å². The summed E-state index contributed by atoms with van der Waals surface area (Å²) in [5, 5.41) is 14.9. The number of nitrogens with one attached hydrogen (secondary N) is 1. The Kier molecular flexibility index (Phi) is 3.70. The second-order valence-electron chi connectivity index (χ2n) is 6.94. The number of rotatable bonds is 4. The first-order chi connectivity index (χ1) is 12.8. The molecule has 1 aliphatic rings. The van der Waals surface area contributed by atoms with E-state index in [1.54, 1.807) is 6.33 Å². The number of hydrogen-bond acceptors (Lipinski definition) is 5. The van der Waals surface area contributed by atoms with E-state index >= 15 is 0 Å². The summed E-state index contributed by atoms with van der Waals surface area (Å²) in [5.74, 6) is 0.946. The van der Waals surface area contributed by atoms with Crippen LogP contribution >= 0.6 is 0 Å². The summed E-state index contributed by atoms with van der Waals surface area (Å²) in [4.78, 5) is 16.5. The number of aliphatic hydroxyl groups excluding tert-OH is 1. The standard InChI is InChI=1S/C18H21N7O/c26-8-6-16-23-15-9-21-18-14(5-7-20-18)17(15)25(16)13-3-1-12(2-4-13)24-11-19-10-22-24/h5,7,9-13,26H,1-4,6,8H2,(H,20,21). The molecular weight excluding hydrogens is 330 g/mol. The van der Waals surface area contributed by atoms with Crippen LogP contribution in [0.2, 0.25) is 0 Å². The van der Waals surface area contributed by atoms with Crippen LogP contribution in [-0.2, 0) is 6.42 Å². The van der Waals surface area contributed by atoms with Crippen molar-refractivity contribution in [3.05, 3.63) is 36.9 Å². The average Bonchev–Trinajstić information content (AvgIpc) is 3.40. The molecule has 8 heteroatoms. The molecule has 0 radical (unpaired) electrons. The van der Waals surface area contributed by atoms with Crippen molar-refractivity contribution in [3.63, 3.8) is 0 Å². The second-order valence-corrected chi connectivity index (χ2v) is 6.94. The van der Waals surface area contributed by atoms with Crippen LogP contribution in [0.3, 0.4) is 0 Å². The Morgan fingerprint density at radius 2 is 2.04 bits per heavy atom. The molecule has 5 rings (SSSR count). The largest absolute Gasteiger partial charge is 0.396 e. The van der Waals surface area contributed by atoms with Crippen molar-refractivity contribution in [2.45, 2.75) is 44.2 Å². The molecule has 0 saturated heterocycles. The predicted octanol–water partition coefficient (Wildman–Crippen LogP) is 2.40. The van der Waals surface area contributed by atoms with Crippen molar-refractivity contribution in [2.75, 3.05) is 6.61 Å². The van der Waals surface area contributed by atoms with E-state index in [1.165, 1.54) is 0 Å². The zero-order valence-electron chi connectivity index (χ0n) is 14.4. The highest BCUT2D eigenvalue weighted by Crippen LogP contribution is 2.38. The summed E-state index contributed by atoms with van der Waals surface area (Å²) < 4.78 is 4.33. The Morgan fingerprint density at radius 3 is 2.81 bits per heavy atom. The quantitative estimate of drug-likeness (QED) is 0.588. The highest BCUT2D eigenvalue weighted by atomic mass is 16.3. The zero-order chi connectivity index (χ0) is 17.5. The Balaban J connectivity index is 1.55. The van der Waals surface area contributed by atoms with Crippen molar-refractivity contribution in [1.82, 2.24) is 34.3 Å². The van der Waals surface area contributed by atoms with E-state index in [-0.39, 0.29) is 6.61 Å². The average molecular weight is 351 g/mol. The van der Waals surface area contributed by atoms with Crippen LogP contribution in [0, 0.1) is 0 Å². The smallest absolute Gasteiger partial charge is 0.139 e. The fourth-order valence-electron chi connectivity index (χ4n) is 4.30. The first kappa shape index (κ1) is 15.5. The molecule has 0 aliphatic heterocycles. The van der Waals surface area contributed by atoms with Crippen LogP contribution in [0.25, 0.3) is 22.1 Å². The van der Waals surface area contributed by atoms with Crippen molar-refractivity contribution in [1.29, 1.82) is 0 Å².